The summed E-state index contributed by atoms with van der Waals surface area (Å²) in [5.74, 6) is 0.719. The van der Waals surface area contributed by atoms with E-state index in [0.29, 0.717) is 6.54 Å². The normalized spacial score (nSPS) is 11.4. The Kier molecular flexibility index (Phi) is 3.65. The summed E-state index contributed by atoms with van der Waals surface area (Å²) in [7, 11) is 0. The zero-order valence-electron chi connectivity index (χ0n) is 13.6. The monoisotopic (exact) mass is 317 g/mol. The minimum absolute atomic E-state index is 0.00791. The van der Waals surface area contributed by atoms with Crippen molar-refractivity contribution >= 4 is 16.8 Å². The predicted molar refractivity (Wildman–Crippen MR) is 96.5 cm³/mol. The molecule has 120 valence electrons. The molecular weight excluding hydrogens is 298 g/mol. The smallest absolute Gasteiger partial charge is 0.259 e. The van der Waals surface area contributed by atoms with Gasteiger partial charge < -0.3 is 4.57 Å². The molecule has 4 nitrogen and oxygen atoms in total. The van der Waals surface area contributed by atoms with Crippen molar-refractivity contribution in [2.24, 2.45) is 0 Å². The van der Waals surface area contributed by atoms with Crippen LogP contribution in [-0.2, 0) is 13.0 Å². The lowest BCUT2D eigenvalue weighted by molar-refractivity contribution is 0.705. The minimum atomic E-state index is -0.00791. The molecule has 0 bridgehead atoms. The van der Waals surface area contributed by atoms with E-state index in [-0.39, 0.29) is 5.56 Å². The number of fused-ring (bicyclic) bond motifs is 3. The Labute approximate surface area is 140 Å². The molecule has 2 aromatic heterocycles. The molecule has 0 aliphatic carbocycles. The van der Waals surface area contributed by atoms with E-state index in [1.54, 1.807) is 10.5 Å². The van der Waals surface area contributed by atoms with Gasteiger partial charge in [0.05, 0.1) is 17.6 Å². The Morgan fingerprint density at radius 1 is 1.00 bits per heavy atom. The number of imidazole rings is 1. The van der Waals surface area contributed by atoms with Gasteiger partial charge in [-0.05, 0) is 24.1 Å². The number of hydrogen-bond donors (Lipinski definition) is 0. The Hall–Kier alpha value is -2.88. The lowest BCUT2D eigenvalue weighted by Crippen LogP contribution is -2.21. The van der Waals surface area contributed by atoms with Crippen molar-refractivity contribution in [2.75, 3.05) is 0 Å². The van der Waals surface area contributed by atoms with Gasteiger partial charge in [-0.3, -0.25) is 4.79 Å². The highest BCUT2D eigenvalue weighted by Crippen LogP contribution is 2.17. The summed E-state index contributed by atoms with van der Waals surface area (Å²) >= 11 is 0. The van der Waals surface area contributed by atoms with Crippen LogP contribution >= 0.6 is 0 Å². The fourth-order valence-electron chi connectivity index (χ4n) is 3.23. The third-order valence-corrected chi connectivity index (χ3v) is 4.33. The highest BCUT2D eigenvalue weighted by atomic mass is 16.1. The van der Waals surface area contributed by atoms with Crippen LogP contribution in [0.3, 0.4) is 0 Å². The number of aromatic nitrogens is 3. The van der Waals surface area contributed by atoms with Gasteiger partial charge in [0, 0.05) is 11.8 Å². The van der Waals surface area contributed by atoms with Crippen LogP contribution in [-0.4, -0.2) is 14.0 Å². The van der Waals surface area contributed by atoms with E-state index in [0.717, 1.165) is 35.3 Å². The van der Waals surface area contributed by atoms with E-state index in [1.165, 1.54) is 5.56 Å². The molecule has 0 spiro atoms. The summed E-state index contributed by atoms with van der Waals surface area (Å²) in [5.41, 5.74) is 3.94. The summed E-state index contributed by atoms with van der Waals surface area (Å²) < 4.78 is 3.89. The van der Waals surface area contributed by atoms with Crippen LogP contribution in [0.4, 0.5) is 0 Å². The number of benzene rings is 2. The van der Waals surface area contributed by atoms with Crippen molar-refractivity contribution in [2.45, 2.75) is 26.3 Å². The van der Waals surface area contributed by atoms with E-state index >= 15 is 0 Å². The molecule has 0 atom stereocenters. The molecule has 0 saturated carbocycles. The number of hydrogen-bond acceptors (Lipinski definition) is 2. The first-order valence-electron chi connectivity index (χ1n) is 8.32. The maximum atomic E-state index is 12.7. The van der Waals surface area contributed by atoms with E-state index in [9.17, 15) is 4.79 Å². The molecule has 4 aromatic rings. The molecule has 0 aliphatic heterocycles. The topological polar surface area (TPSA) is 39.3 Å². The molecular formula is C20H19N3O. The standard InChI is InChI=1S/C20H19N3O/c1-2-8-16-13-19(24)23-18-12-7-6-11-17(18)21-20(23)22(16)14-15-9-4-3-5-10-15/h3-7,9-13H,2,8,14H2,1H3. The van der Waals surface area contributed by atoms with Gasteiger partial charge in [0.1, 0.15) is 0 Å². The average Bonchev–Trinajstić information content (AvgIpc) is 2.99. The lowest BCUT2D eigenvalue weighted by Gasteiger charge is -2.14. The zero-order chi connectivity index (χ0) is 16.5. The van der Waals surface area contributed by atoms with Crippen molar-refractivity contribution < 1.29 is 0 Å². The average molecular weight is 317 g/mol. The van der Waals surface area contributed by atoms with Crippen LogP contribution in [0.25, 0.3) is 16.8 Å². The highest BCUT2D eigenvalue weighted by molar-refractivity contribution is 5.79. The van der Waals surface area contributed by atoms with Crippen molar-refractivity contribution in [1.29, 1.82) is 0 Å². The Morgan fingerprint density at radius 3 is 2.54 bits per heavy atom. The minimum Gasteiger partial charge on any atom is -0.311 e. The van der Waals surface area contributed by atoms with Crippen LogP contribution in [0.15, 0.2) is 65.5 Å². The van der Waals surface area contributed by atoms with Gasteiger partial charge in [-0.25, -0.2) is 9.38 Å². The molecule has 0 amide bonds. The first-order valence-corrected chi connectivity index (χ1v) is 8.32. The Morgan fingerprint density at radius 2 is 1.75 bits per heavy atom. The van der Waals surface area contributed by atoms with Crippen LogP contribution < -0.4 is 5.56 Å². The van der Waals surface area contributed by atoms with Gasteiger partial charge in [-0.1, -0.05) is 55.8 Å². The summed E-state index contributed by atoms with van der Waals surface area (Å²) in [5, 5.41) is 0. The lowest BCUT2D eigenvalue weighted by atomic mass is 10.2. The van der Waals surface area contributed by atoms with Crippen molar-refractivity contribution in [1.82, 2.24) is 14.0 Å². The number of rotatable bonds is 4. The second kappa shape index (κ2) is 5.96. The number of para-hydroxylation sites is 2. The van der Waals surface area contributed by atoms with E-state index in [2.05, 4.69) is 23.6 Å². The molecule has 4 rings (SSSR count). The van der Waals surface area contributed by atoms with Gasteiger partial charge in [0.15, 0.2) is 0 Å². The molecule has 0 radical (unpaired) electrons. The SMILES string of the molecule is CCCc1cc(=O)n2c3ccccc3nc2n1Cc1ccccc1. The molecule has 24 heavy (non-hydrogen) atoms. The van der Waals surface area contributed by atoms with Crippen LogP contribution in [0.5, 0.6) is 0 Å². The van der Waals surface area contributed by atoms with Crippen LogP contribution in [0.1, 0.15) is 24.6 Å². The second-order valence-electron chi connectivity index (χ2n) is 6.03. The third-order valence-electron chi connectivity index (χ3n) is 4.33. The van der Waals surface area contributed by atoms with Crippen molar-refractivity contribution in [3.05, 3.63) is 82.3 Å². The van der Waals surface area contributed by atoms with Gasteiger partial charge in [-0.2, -0.15) is 0 Å². The first kappa shape index (κ1) is 14.7. The number of aryl methyl sites for hydroxylation is 1. The van der Waals surface area contributed by atoms with E-state index in [4.69, 9.17) is 4.98 Å². The van der Waals surface area contributed by atoms with Gasteiger partial charge >= 0.3 is 0 Å². The zero-order valence-corrected chi connectivity index (χ0v) is 13.6. The molecule has 4 heteroatoms. The first-order chi connectivity index (χ1) is 11.8. The van der Waals surface area contributed by atoms with Gasteiger partial charge in [0.2, 0.25) is 5.78 Å². The largest absolute Gasteiger partial charge is 0.311 e. The van der Waals surface area contributed by atoms with Crippen molar-refractivity contribution in [3.8, 4) is 0 Å². The molecule has 2 aromatic carbocycles. The Balaban J connectivity index is 2.02. The molecule has 0 N–H and O–H groups in total. The van der Waals surface area contributed by atoms with E-state index < -0.39 is 0 Å². The third kappa shape index (κ3) is 2.40. The quantitative estimate of drug-likeness (QED) is 0.576. The molecule has 0 aliphatic rings. The molecule has 0 fully saturated rings. The summed E-state index contributed by atoms with van der Waals surface area (Å²) in [6.07, 6.45) is 1.85. The van der Waals surface area contributed by atoms with Crippen LogP contribution in [0, 0.1) is 0 Å². The summed E-state index contributed by atoms with van der Waals surface area (Å²) in [6.45, 7) is 2.84. The Bertz CT molecular complexity index is 1060. The van der Waals surface area contributed by atoms with Gasteiger partial charge in [0.25, 0.3) is 5.56 Å². The fraction of sp³-hybridized carbons (Fsp3) is 0.200. The second-order valence-corrected chi connectivity index (χ2v) is 6.03. The summed E-state index contributed by atoms with van der Waals surface area (Å²) in [6, 6.07) is 19.9. The van der Waals surface area contributed by atoms with E-state index in [1.807, 2.05) is 42.5 Å². The van der Waals surface area contributed by atoms with Crippen molar-refractivity contribution in [3.63, 3.8) is 0 Å². The fourth-order valence-corrected chi connectivity index (χ4v) is 3.23. The highest BCUT2D eigenvalue weighted by Gasteiger charge is 2.14. The maximum Gasteiger partial charge on any atom is 0.259 e. The molecule has 0 unspecified atom stereocenters. The number of nitrogens with zero attached hydrogens (tertiary/aromatic N) is 3. The van der Waals surface area contributed by atoms with Crippen LogP contribution in [0.2, 0.25) is 0 Å². The van der Waals surface area contributed by atoms with Gasteiger partial charge in [-0.15, -0.1) is 0 Å². The maximum absolute atomic E-state index is 12.7. The summed E-state index contributed by atoms with van der Waals surface area (Å²) in [4.78, 5) is 17.4. The molecule has 2 heterocycles. The predicted octanol–water partition coefficient (Wildman–Crippen LogP) is 3.65. The molecule has 0 saturated heterocycles.